The van der Waals surface area contributed by atoms with Crippen molar-refractivity contribution in [2.75, 3.05) is 13.1 Å². The van der Waals surface area contributed by atoms with Crippen molar-refractivity contribution in [3.63, 3.8) is 0 Å². The Balaban J connectivity index is 0.000000148. The zero-order chi connectivity index (χ0) is 30.7. The summed E-state index contributed by atoms with van der Waals surface area (Å²) in [5.41, 5.74) is 8.95. The van der Waals surface area contributed by atoms with E-state index in [0.717, 1.165) is 17.8 Å². The lowest BCUT2D eigenvalue weighted by atomic mass is 9.13. The van der Waals surface area contributed by atoms with Crippen LogP contribution in [0.25, 0.3) is 0 Å². The standard InChI is InChI=1S/C24H20B.C19H26N/c1-5-13-21(14-6-1)25(22-15-7-2-8-16-22,23-17-9-3-10-18-23)24-19-11-4-12-20-24;1-19(2)17-8-7-16(18(19)11-17)13-20-10-9-14-5-3-4-6-15(14)12-20/h1-20H;3-6,12,16-18H,7-11,13H2,1-2H3/q-1;+1/t;16-,17-,18-/m.0/s1. The summed E-state index contributed by atoms with van der Waals surface area (Å²) in [4.78, 5) is 0. The first kappa shape index (κ1) is 29.5. The Morgan fingerprint density at radius 1 is 0.600 bits per heavy atom. The van der Waals surface area contributed by atoms with Crippen molar-refractivity contribution in [3.8, 4) is 0 Å². The van der Waals surface area contributed by atoms with Gasteiger partial charge in [0, 0.05) is 17.9 Å². The van der Waals surface area contributed by atoms with Crippen molar-refractivity contribution in [1.82, 2.24) is 0 Å². The maximum absolute atomic E-state index is 2.60. The molecule has 2 bridgehead atoms. The van der Waals surface area contributed by atoms with E-state index < -0.39 is 6.15 Å². The van der Waals surface area contributed by atoms with Crippen LogP contribution in [0.4, 0.5) is 0 Å². The van der Waals surface area contributed by atoms with Crippen LogP contribution in [0.1, 0.15) is 44.2 Å². The molecule has 0 N–H and O–H groups in total. The van der Waals surface area contributed by atoms with Crippen LogP contribution in [0.15, 0.2) is 146 Å². The lowest BCUT2D eigenvalue weighted by Crippen LogP contribution is -2.74. The second kappa shape index (κ2) is 12.7. The summed E-state index contributed by atoms with van der Waals surface area (Å²) in [5.74, 6) is 2.93. The van der Waals surface area contributed by atoms with Crippen LogP contribution in [0.3, 0.4) is 0 Å². The quantitative estimate of drug-likeness (QED) is 0.152. The predicted molar refractivity (Wildman–Crippen MR) is 193 cm³/mol. The number of rotatable bonds is 6. The highest BCUT2D eigenvalue weighted by molar-refractivity contribution is 7.19. The van der Waals surface area contributed by atoms with Gasteiger partial charge in [-0.25, -0.2) is 4.58 Å². The minimum absolute atomic E-state index is 0.622. The van der Waals surface area contributed by atoms with Crippen LogP contribution in [-0.2, 0) is 6.42 Å². The van der Waals surface area contributed by atoms with Gasteiger partial charge in [0.15, 0.2) is 6.21 Å². The molecule has 5 aromatic rings. The molecule has 5 aromatic carbocycles. The van der Waals surface area contributed by atoms with Crippen LogP contribution in [0, 0.1) is 23.2 Å². The van der Waals surface area contributed by atoms with E-state index in [1.54, 1.807) is 0 Å². The minimum Gasteiger partial charge on any atom is -0.235 e. The van der Waals surface area contributed by atoms with Crippen LogP contribution < -0.4 is 21.9 Å². The van der Waals surface area contributed by atoms with E-state index in [0.29, 0.717) is 5.41 Å². The van der Waals surface area contributed by atoms with Crippen molar-refractivity contribution in [2.24, 2.45) is 23.2 Å². The molecule has 45 heavy (non-hydrogen) atoms. The van der Waals surface area contributed by atoms with Gasteiger partial charge in [-0.2, -0.15) is 21.9 Å². The van der Waals surface area contributed by atoms with Gasteiger partial charge in [0.05, 0.1) is 0 Å². The van der Waals surface area contributed by atoms with E-state index in [1.165, 1.54) is 71.8 Å². The third kappa shape index (κ3) is 5.61. The van der Waals surface area contributed by atoms with E-state index in [9.17, 15) is 0 Å². The molecule has 9 rings (SSSR count). The van der Waals surface area contributed by atoms with Gasteiger partial charge in [-0.1, -0.05) is 153 Å². The molecule has 0 aromatic heterocycles. The lowest BCUT2D eigenvalue weighted by Gasteiger charge is -2.59. The molecular weight excluding hydrogens is 541 g/mol. The lowest BCUT2D eigenvalue weighted by molar-refractivity contribution is -0.536. The average Bonchev–Trinajstić information content (AvgIpc) is 3.11. The highest BCUT2D eigenvalue weighted by Gasteiger charge is 2.55. The fourth-order valence-electron chi connectivity index (χ4n) is 9.16. The molecule has 1 nitrogen and oxygen atoms in total. The van der Waals surface area contributed by atoms with E-state index in [2.05, 4.69) is 170 Å². The largest absolute Gasteiger partial charge is 0.235 e. The zero-order valence-corrected chi connectivity index (χ0v) is 26.9. The Kier molecular flexibility index (Phi) is 8.32. The number of benzene rings is 5. The fraction of sp³-hybridized carbons (Fsp3) is 0.279. The smallest absolute Gasteiger partial charge is 0.170 e. The Labute approximate surface area is 270 Å². The third-order valence-electron chi connectivity index (χ3n) is 11.7. The zero-order valence-electron chi connectivity index (χ0n) is 26.9. The first-order valence-corrected chi connectivity index (χ1v) is 17.1. The van der Waals surface area contributed by atoms with Crippen molar-refractivity contribution >= 4 is 34.2 Å². The molecule has 0 spiro atoms. The topological polar surface area (TPSA) is 3.01 Å². The molecule has 4 aliphatic rings. The maximum atomic E-state index is 2.60. The first-order valence-electron chi connectivity index (χ1n) is 17.1. The highest BCUT2D eigenvalue weighted by atomic mass is 15.0. The summed E-state index contributed by atoms with van der Waals surface area (Å²) in [7, 11) is 0. The van der Waals surface area contributed by atoms with Crippen LogP contribution in [0.5, 0.6) is 0 Å². The Morgan fingerprint density at radius 2 is 1.07 bits per heavy atom. The molecule has 3 atom stereocenters. The van der Waals surface area contributed by atoms with Crippen molar-refractivity contribution in [2.45, 2.75) is 39.5 Å². The van der Waals surface area contributed by atoms with Crippen molar-refractivity contribution in [1.29, 1.82) is 0 Å². The minimum atomic E-state index is -1.22. The average molecular weight is 588 g/mol. The second-order valence-electron chi connectivity index (χ2n) is 14.3. The maximum Gasteiger partial charge on any atom is 0.170 e. The van der Waals surface area contributed by atoms with Gasteiger partial charge in [-0.15, -0.1) is 0 Å². The van der Waals surface area contributed by atoms with Gasteiger partial charge in [-0.3, -0.25) is 0 Å². The summed E-state index contributed by atoms with van der Waals surface area (Å²) >= 11 is 0. The molecule has 0 unspecified atom stereocenters. The Hall–Kier alpha value is -4.17. The van der Waals surface area contributed by atoms with Gasteiger partial charge in [0.25, 0.3) is 0 Å². The van der Waals surface area contributed by atoms with Gasteiger partial charge in [0.1, 0.15) is 19.2 Å². The summed E-state index contributed by atoms with van der Waals surface area (Å²) < 4.78 is 2.60. The van der Waals surface area contributed by atoms with Gasteiger partial charge < -0.3 is 0 Å². The van der Waals surface area contributed by atoms with Gasteiger partial charge >= 0.3 is 0 Å². The van der Waals surface area contributed by atoms with E-state index >= 15 is 0 Å². The van der Waals surface area contributed by atoms with Crippen LogP contribution >= 0.6 is 0 Å². The van der Waals surface area contributed by atoms with E-state index in [1.807, 2.05) is 0 Å². The molecule has 3 fully saturated rings. The third-order valence-corrected chi connectivity index (χ3v) is 11.7. The van der Waals surface area contributed by atoms with E-state index in [-0.39, 0.29) is 0 Å². The number of nitrogens with zero attached hydrogens (tertiary/aromatic N) is 1. The molecule has 0 radical (unpaired) electrons. The fourth-order valence-corrected chi connectivity index (χ4v) is 9.16. The first-order chi connectivity index (χ1) is 22.1. The van der Waals surface area contributed by atoms with Crippen LogP contribution in [0.2, 0.25) is 0 Å². The Bertz CT molecular complexity index is 1560. The summed E-state index contributed by atoms with van der Waals surface area (Å²) in [6, 6.07) is 52.4. The molecule has 3 saturated carbocycles. The number of hydrogen-bond donors (Lipinski definition) is 0. The van der Waals surface area contributed by atoms with Crippen LogP contribution in [-0.4, -0.2) is 30.0 Å². The SMILES string of the molecule is CC1(C)[C@H]2CC[C@@H](C[N+]3=Cc4ccccc4CC3)[C@@H]1C2.c1ccc([B-](c2ccccc2)(c2ccccc2)c2ccccc2)cc1. The normalized spacial score (nSPS) is 21.3. The second-order valence-corrected chi connectivity index (χ2v) is 14.3. The molecule has 0 amide bonds. The number of hydrogen-bond acceptors (Lipinski definition) is 0. The molecule has 3 aliphatic carbocycles. The number of fused-ring (bicyclic) bond motifs is 3. The van der Waals surface area contributed by atoms with Gasteiger partial charge in [-0.05, 0) is 48.1 Å². The summed E-state index contributed by atoms with van der Waals surface area (Å²) in [5, 5.41) is 0. The van der Waals surface area contributed by atoms with Gasteiger partial charge in [0.2, 0.25) is 0 Å². The molecule has 2 heteroatoms. The van der Waals surface area contributed by atoms with Crippen molar-refractivity contribution < 1.29 is 4.58 Å². The highest BCUT2D eigenvalue weighted by Crippen LogP contribution is 2.61. The molecule has 0 saturated heterocycles. The Morgan fingerprint density at radius 3 is 1.53 bits per heavy atom. The molecular formula is C43H46BN. The monoisotopic (exact) mass is 587 g/mol. The predicted octanol–water partition coefficient (Wildman–Crippen LogP) is 6.81. The van der Waals surface area contributed by atoms with Crippen molar-refractivity contribution in [3.05, 3.63) is 157 Å². The molecule has 226 valence electrons. The molecule has 1 aliphatic heterocycles. The van der Waals surface area contributed by atoms with E-state index in [4.69, 9.17) is 0 Å². The molecule has 1 heterocycles. The summed E-state index contributed by atoms with van der Waals surface area (Å²) in [6.07, 6.45) is 6.85. The summed E-state index contributed by atoms with van der Waals surface area (Å²) in [6.45, 7) is 7.51.